The van der Waals surface area contributed by atoms with Crippen molar-refractivity contribution in [2.45, 2.75) is 6.18 Å². The van der Waals surface area contributed by atoms with Crippen LogP contribution in [0.2, 0.25) is 5.15 Å². The summed E-state index contributed by atoms with van der Waals surface area (Å²) in [5, 5.41) is 2.27. The number of carbonyl (C=O) groups is 2. The van der Waals surface area contributed by atoms with Crippen molar-refractivity contribution in [3.8, 4) is 11.3 Å². The van der Waals surface area contributed by atoms with Crippen molar-refractivity contribution in [2.75, 3.05) is 12.4 Å². The number of hydrogen-bond acceptors (Lipinski definition) is 3. The van der Waals surface area contributed by atoms with Gasteiger partial charge in [-0.15, -0.1) is 0 Å². The number of amides is 2. The molecule has 0 radical (unpaired) electrons. The van der Waals surface area contributed by atoms with E-state index in [4.69, 9.17) is 11.6 Å². The third-order valence-corrected chi connectivity index (χ3v) is 3.48. The van der Waals surface area contributed by atoms with E-state index >= 15 is 0 Å². The highest BCUT2D eigenvalue weighted by Gasteiger charge is 2.40. The standard InChI is InChI=1S/C15H8ClF6N3O2/c1-23-13(26)8-9(19)12(16)24-10(6-3-2-5(17)4-7(6)18)11(8)25-14(27)15(20,21)22/h2-4H,1H3,(H,23,26)(H,25,27). The molecule has 1 aromatic heterocycles. The van der Waals surface area contributed by atoms with E-state index in [1.807, 2.05) is 5.32 Å². The number of halogens is 7. The maximum Gasteiger partial charge on any atom is 0.471 e. The Morgan fingerprint density at radius 2 is 1.78 bits per heavy atom. The lowest BCUT2D eigenvalue weighted by Gasteiger charge is -2.17. The van der Waals surface area contributed by atoms with Crippen LogP contribution in [0.3, 0.4) is 0 Å². The molecule has 144 valence electrons. The summed E-state index contributed by atoms with van der Waals surface area (Å²) in [5.74, 6) is -7.69. The summed E-state index contributed by atoms with van der Waals surface area (Å²) in [6, 6.07) is 1.90. The van der Waals surface area contributed by atoms with Gasteiger partial charge in [0.2, 0.25) is 0 Å². The fourth-order valence-electron chi connectivity index (χ4n) is 2.06. The second kappa shape index (κ2) is 7.43. The van der Waals surface area contributed by atoms with Crippen molar-refractivity contribution in [1.29, 1.82) is 0 Å². The quantitative estimate of drug-likeness (QED) is 0.598. The van der Waals surface area contributed by atoms with E-state index in [0.717, 1.165) is 19.2 Å². The molecule has 2 amide bonds. The van der Waals surface area contributed by atoms with E-state index in [9.17, 15) is 35.9 Å². The molecule has 0 atom stereocenters. The van der Waals surface area contributed by atoms with Crippen molar-refractivity contribution in [2.24, 2.45) is 0 Å². The van der Waals surface area contributed by atoms with Crippen LogP contribution in [-0.4, -0.2) is 30.0 Å². The first kappa shape index (κ1) is 20.5. The van der Waals surface area contributed by atoms with Crippen molar-refractivity contribution in [3.63, 3.8) is 0 Å². The van der Waals surface area contributed by atoms with Gasteiger partial charge in [0, 0.05) is 18.7 Å². The van der Waals surface area contributed by atoms with Gasteiger partial charge in [-0.1, -0.05) is 11.6 Å². The van der Waals surface area contributed by atoms with Gasteiger partial charge in [-0.3, -0.25) is 9.59 Å². The first-order valence-electron chi connectivity index (χ1n) is 6.92. The fraction of sp³-hybridized carbons (Fsp3) is 0.133. The topological polar surface area (TPSA) is 71.1 Å². The highest BCUT2D eigenvalue weighted by Crippen LogP contribution is 2.36. The number of carbonyl (C=O) groups excluding carboxylic acids is 2. The Labute approximate surface area is 152 Å². The summed E-state index contributed by atoms with van der Waals surface area (Å²) in [6.07, 6.45) is -5.41. The van der Waals surface area contributed by atoms with Crippen LogP contribution >= 0.6 is 11.6 Å². The van der Waals surface area contributed by atoms with Crippen LogP contribution in [0.5, 0.6) is 0 Å². The maximum atomic E-state index is 14.3. The molecule has 5 nitrogen and oxygen atoms in total. The lowest BCUT2D eigenvalue weighted by Crippen LogP contribution is -2.32. The molecule has 1 aromatic carbocycles. The zero-order chi connectivity index (χ0) is 20.5. The van der Waals surface area contributed by atoms with Crippen LogP contribution in [0.15, 0.2) is 18.2 Å². The third kappa shape index (κ3) is 4.13. The Kier molecular flexibility index (Phi) is 5.64. The van der Waals surface area contributed by atoms with Crippen LogP contribution in [0.25, 0.3) is 11.3 Å². The Morgan fingerprint density at radius 3 is 2.30 bits per heavy atom. The molecule has 0 aliphatic carbocycles. The molecule has 2 N–H and O–H groups in total. The van der Waals surface area contributed by atoms with Gasteiger partial charge in [0.25, 0.3) is 5.91 Å². The fourth-order valence-corrected chi connectivity index (χ4v) is 2.23. The first-order valence-corrected chi connectivity index (χ1v) is 7.29. The summed E-state index contributed by atoms with van der Waals surface area (Å²) < 4.78 is 79.3. The van der Waals surface area contributed by atoms with E-state index in [1.165, 1.54) is 5.32 Å². The van der Waals surface area contributed by atoms with Crippen molar-refractivity contribution >= 4 is 29.1 Å². The van der Waals surface area contributed by atoms with Gasteiger partial charge in [0.1, 0.15) is 17.2 Å². The first-order chi connectivity index (χ1) is 12.5. The van der Waals surface area contributed by atoms with Crippen LogP contribution in [0.1, 0.15) is 10.4 Å². The molecule has 2 aromatic rings. The van der Waals surface area contributed by atoms with E-state index in [-0.39, 0.29) is 0 Å². The lowest BCUT2D eigenvalue weighted by atomic mass is 10.0. The summed E-state index contributed by atoms with van der Waals surface area (Å²) in [4.78, 5) is 26.7. The van der Waals surface area contributed by atoms with Gasteiger partial charge in [-0.05, 0) is 12.1 Å². The molecular weight excluding hydrogens is 404 g/mol. The Bertz CT molecular complexity index is 933. The minimum atomic E-state index is -5.41. The van der Waals surface area contributed by atoms with Crippen LogP contribution in [0.4, 0.5) is 32.0 Å². The van der Waals surface area contributed by atoms with Gasteiger partial charge in [-0.2, -0.15) is 13.2 Å². The number of nitrogens with zero attached hydrogens (tertiary/aromatic N) is 1. The average molecular weight is 412 g/mol. The number of rotatable bonds is 3. The second-order valence-corrected chi connectivity index (χ2v) is 5.33. The zero-order valence-electron chi connectivity index (χ0n) is 13.1. The molecule has 0 unspecified atom stereocenters. The van der Waals surface area contributed by atoms with Gasteiger partial charge in [-0.25, -0.2) is 18.2 Å². The number of benzene rings is 1. The summed E-state index contributed by atoms with van der Waals surface area (Å²) in [5.41, 5.74) is -3.60. The molecule has 0 spiro atoms. The van der Waals surface area contributed by atoms with Crippen molar-refractivity contribution < 1.29 is 35.9 Å². The molecule has 0 aliphatic rings. The van der Waals surface area contributed by atoms with Gasteiger partial charge in [0.15, 0.2) is 11.0 Å². The number of aromatic nitrogens is 1. The minimum Gasteiger partial charge on any atom is -0.355 e. The molecule has 27 heavy (non-hydrogen) atoms. The van der Waals surface area contributed by atoms with E-state index < -0.39 is 63.1 Å². The summed E-state index contributed by atoms with van der Waals surface area (Å²) in [7, 11) is 1.03. The monoisotopic (exact) mass is 411 g/mol. The second-order valence-electron chi connectivity index (χ2n) is 4.97. The SMILES string of the molecule is CNC(=O)c1c(F)c(Cl)nc(-c2ccc(F)cc2F)c1NC(=O)C(F)(F)F. The van der Waals surface area contributed by atoms with Gasteiger partial charge in [0.05, 0.1) is 11.4 Å². The molecular formula is C15H8ClF6N3O2. The highest BCUT2D eigenvalue weighted by molar-refractivity contribution is 6.30. The molecule has 2 rings (SSSR count). The molecule has 0 saturated carbocycles. The van der Waals surface area contributed by atoms with E-state index in [2.05, 4.69) is 4.98 Å². The molecule has 0 saturated heterocycles. The van der Waals surface area contributed by atoms with Crippen molar-refractivity contribution in [1.82, 2.24) is 10.3 Å². The van der Waals surface area contributed by atoms with Crippen LogP contribution in [0, 0.1) is 17.5 Å². The number of alkyl halides is 3. The summed E-state index contributed by atoms with van der Waals surface area (Å²) >= 11 is 5.55. The number of anilines is 1. The van der Waals surface area contributed by atoms with Crippen LogP contribution in [-0.2, 0) is 4.79 Å². The minimum absolute atomic E-state index is 0.378. The number of hydrogen-bond donors (Lipinski definition) is 2. The lowest BCUT2D eigenvalue weighted by molar-refractivity contribution is -0.167. The maximum absolute atomic E-state index is 14.3. The normalized spacial score (nSPS) is 11.3. The Hall–Kier alpha value is -2.82. The van der Waals surface area contributed by atoms with Crippen LogP contribution < -0.4 is 10.6 Å². The average Bonchev–Trinajstić information content (AvgIpc) is 2.57. The summed E-state index contributed by atoms with van der Waals surface area (Å²) in [6.45, 7) is 0. The predicted octanol–water partition coefficient (Wildman–Crippen LogP) is 3.68. The molecule has 0 bridgehead atoms. The van der Waals surface area contributed by atoms with Gasteiger partial charge < -0.3 is 10.6 Å². The molecule has 0 fully saturated rings. The largest absolute Gasteiger partial charge is 0.471 e. The van der Waals surface area contributed by atoms with E-state index in [0.29, 0.717) is 6.07 Å². The van der Waals surface area contributed by atoms with E-state index in [1.54, 1.807) is 0 Å². The number of nitrogens with one attached hydrogen (secondary N) is 2. The Balaban J connectivity index is 2.84. The van der Waals surface area contributed by atoms with Crippen molar-refractivity contribution in [3.05, 3.63) is 46.4 Å². The number of pyridine rings is 1. The molecule has 0 aliphatic heterocycles. The Morgan fingerprint density at radius 1 is 1.15 bits per heavy atom. The zero-order valence-corrected chi connectivity index (χ0v) is 13.9. The predicted molar refractivity (Wildman–Crippen MR) is 82.6 cm³/mol. The molecule has 12 heteroatoms. The van der Waals surface area contributed by atoms with Gasteiger partial charge >= 0.3 is 12.1 Å². The third-order valence-electron chi connectivity index (χ3n) is 3.23. The molecule has 1 heterocycles. The highest BCUT2D eigenvalue weighted by atomic mass is 35.5. The smallest absolute Gasteiger partial charge is 0.355 e.